The molecule has 0 saturated carbocycles. The van der Waals surface area contributed by atoms with Crippen LogP contribution in [0.1, 0.15) is 18.9 Å². The molecule has 8 heteroatoms. The number of carbonyl (C=O) groups excluding carboxylic acids is 1. The number of halogens is 4. The molecule has 1 aliphatic rings. The average Bonchev–Trinajstić information content (AvgIpc) is 2.39. The third-order valence-corrected chi connectivity index (χ3v) is 3.66. The molecule has 1 heterocycles. The summed E-state index contributed by atoms with van der Waals surface area (Å²) in [5.74, 6) is -4.29. The van der Waals surface area contributed by atoms with Crippen LogP contribution < -0.4 is 0 Å². The predicted octanol–water partition coefficient (Wildman–Crippen LogP) is 2.77. The molecule has 2 amide bonds. The summed E-state index contributed by atoms with van der Waals surface area (Å²) in [4.78, 5) is 22.8. The lowest BCUT2D eigenvalue weighted by molar-refractivity contribution is -0.151. The lowest BCUT2D eigenvalue weighted by atomic mass is 9.79. The molecule has 0 bridgehead atoms. The number of rotatable bonds is 1. The number of benzene rings is 1. The number of hydrogen-bond acceptors (Lipinski definition) is 2. The van der Waals surface area contributed by atoms with Crippen molar-refractivity contribution in [3.05, 3.63) is 35.4 Å². The molecule has 2 rings (SSSR count). The Hall–Kier alpha value is -2.12. The van der Waals surface area contributed by atoms with E-state index in [4.69, 9.17) is 5.11 Å². The van der Waals surface area contributed by atoms with E-state index in [1.165, 1.54) is 0 Å². The minimum absolute atomic E-state index is 0.107. The Balaban J connectivity index is 2.67. The molecule has 4 nitrogen and oxygen atoms in total. The van der Waals surface area contributed by atoms with E-state index in [0.29, 0.717) is 0 Å². The Morgan fingerprint density at radius 3 is 2.57 bits per heavy atom. The lowest BCUT2D eigenvalue weighted by Crippen LogP contribution is -2.62. The molecular formula is C13H11F4NO3. The van der Waals surface area contributed by atoms with E-state index in [1.54, 1.807) is 0 Å². The standard InChI is InChI=1S/C13H11F4NO3/c1-13(6-3-2-4-7(14)10(6)17)9(16)5-8(15)11(19)18(13)12(20)21/h2-4,8-9H,5H2,1H3,(H,20,21)/t8?,9-,13+/m0/s1. The maximum absolute atomic E-state index is 14.3. The minimum Gasteiger partial charge on any atom is -0.465 e. The molecule has 0 aliphatic carbocycles. The molecule has 114 valence electrons. The van der Waals surface area contributed by atoms with Gasteiger partial charge in [0.25, 0.3) is 5.91 Å². The van der Waals surface area contributed by atoms with Crippen molar-refractivity contribution in [1.29, 1.82) is 0 Å². The van der Waals surface area contributed by atoms with Crippen molar-refractivity contribution < 1.29 is 32.3 Å². The SMILES string of the molecule is C[C@@]1(c2cccc(F)c2F)[C@@H](F)CC(F)C(=O)N1C(=O)O. The van der Waals surface area contributed by atoms with Gasteiger partial charge in [0.1, 0.15) is 11.7 Å². The average molecular weight is 305 g/mol. The highest BCUT2D eigenvalue weighted by Crippen LogP contribution is 2.42. The number of carboxylic acid groups (broad SMARTS) is 1. The van der Waals surface area contributed by atoms with E-state index >= 15 is 0 Å². The molecule has 1 fully saturated rings. The first-order valence-corrected chi connectivity index (χ1v) is 6.00. The monoisotopic (exact) mass is 305 g/mol. The summed E-state index contributed by atoms with van der Waals surface area (Å²) in [5.41, 5.74) is -2.99. The topological polar surface area (TPSA) is 57.6 Å². The van der Waals surface area contributed by atoms with Gasteiger partial charge in [0, 0.05) is 12.0 Å². The van der Waals surface area contributed by atoms with E-state index in [2.05, 4.69) is 0 Å². The smallest absolute Gasteiger partial charge is 0.415 e. The van der Waals surface area contributed by atoms with Crippen LogP contribution in [-0.4, -0.2) is 34.4 Å². The summed E-state index contributed by atoms with van der Waals surface area (Å²) in [6.07, 6.45) is -7.41. The molecule has 1 aromatic carbocycles. The van der Waals surface area contributed by atoms with Crippen LogP contribution in [0.15, 0.2) is 18.2 Å². The summed E-state index contributed by atoms with van der Waals surface area (Å²) in [5, 5.41) is 9.06. The number of imide groups is 1. The second kappa shape index (κ2) is 5.01. The van der Waals surface area contributed by atoms with E-state index in [1.807, 2.05) is 0 Å². The quantitative estimate of drug-likeness (QED) is 0.812. The highest BCUT2D eigenvalue weighted by atomic mass is 19.2. The van der Waals surface area contributed by atoms with Gasteiger partial charge in [-0.25, -0.2) is 27.3 Å². The molecule has 1 N–H and O–H groups in total. The van der Waals surface area contributed by atoms with Crippen LogP contribution in [0.4, 0.5) is 22.4 Å². The van der Waals surface area contributed by atoms with Gasteiger partial charge in [-0.2, -0.15) is 0 Å². The zero-order valence-corrected chi connectivity index (χ0v) is 10.8. The zero-order valence-electron chi connectivity index (χ0n) is 10.8. The van der Waals surface area contributed by atoms with Crippen LogP contribution in [0.3, 0.4) is 0 Å². The Labute approximate surface area is 117 Å². The van der Waals surface area contributed by atoms with Crippen LogP contribution >= 0.6 is 0 Å². The van der Waals surface area contributed by atoms with Gasteiger partial charge in [0.15, 0.2) is 17.8 Å². The molecule has 1 saturated heterocycles. The molecular weight excluding hydrogens is 294 g/mol. The van der Waals surface area contributed by atoms with Crippen molar-refractivity contribution in [3.8, 4) is 0 Å². The maximum atomic E-state index is 14.3. The van der Waals surface area contributed by atoms with Crippen LogP contribution in [0.2, 0.25) is 0 Å². The summed E-state index contributed by atoms with van der Waals surface area (Å²) in [6, 6.07) is 2.79. The normalized spacial score (nSPS) is 29.6. The fourth-order valence-corrected chi connectivity index (χ4v) is 2.50. The molecule has 0 radical (unpaired) electrons. The second-order valence-corrected chi connectivity index (χ2v) is 4.88. The number of hydrogen-bond donors (Lipinski definition) is 1. The van der Waals surface area contributed by atoms with Crippen molar-refractivity contribution in [2.75, 3.05) is 0 Å². The lowest BCUT2D eigenvalue weighted by Gasteiger charge is -2.45. The Morgan fingerprint density at radius 1 is 1.38 bits per heavy atom. The first-order chi connectivity index (χ1) is 9.71. The summed E-state index contributed by atoms with van der Waals surface area (Å²) in [6.45, 7) is 0.924. The minimum atomic E-state index is -2.35. The van der Waals surface area contributed by atoms with Crippen LogP contribution in [0, 0.1) is 11.6 Å². The van der Waals surface area contributed by atoms with Crippen molar-refractivity contribution >= 4 is 12.0 Å². The fraction of sp³-hybridized carbons (Fsp3) is 0.385. The molecule has 0 aromatic heterocycles. The van der Waals surface area contributed by atoms with Gasteiger partial charge in [-0.1, -0.05) is 12.1 Å². The summed E-state index contributed by atoms with van der Waals surface area (Å²) < 4.78 is 54.9. The Morgan fingerprint density at radius 2 is 2.00 bits per heavy atom. The van der Waals surface area contributed by atoms with Crippen molar-refractivity contribution in [1.82, 2.24) is 4.90 Å². The highest BCUT2D eigenvalue weighted by molar-refractivity contribution is 5.95. The van der Waals surface area contributed by atoms with Crippen molar-refractivity contribution in [2.45, 2.75) is 31.2 Å². The number of amides is 2. The molecule has 1 aromatic rings. The highest BCUT2D eigenvalue weighted by Gasteiger charge is 2.56. The fourth-order valence-electron chi connectivity index (χ4n) is 2.50. The van der Waals surface area contributed by atoms with Crippen molar-refractivity contribution in [3.63, 3.8) is 0 Å². The van der Waals surface area contributed by atoms with Crippen molar-refractivity contribution in [2.24, 2.45) is 0 Å². The summed E-state index contributed by atoms with van der Waals surface area (Å²) in [7, 11) is 0. The van der Waals surface area contributed by atoms with Gasteiger partial charge in [0.05, 0.1) is 0 Å². The molecule has 1 unspecified atom stereocenters. The molecule has 0 spiro atoms. The second-order valence-electron chi connectivity index (χ2n) is 4.88. The predicted molar refractivity (Wildman–Crippen MR) is 63.0 cm³/mol. The van der Waals surface area contributed by atoms with Gasteiger partial charge >= 0.3 is 6.09 Å². The first kappa shape index (κ1) is 15.3. The van der Waals surface area contributed by atoms with E-state index in [-0.39, 0.29) is 4.90 Å². The molecule has 3 atom stereocenters. The maximum Gasteiger partial charge on any atom is 0.415 e. The number of nitrogens with zero attached hydrogens (tertiary/aromatic N) is 1. The largest absolute Gasteiger partial charge is 0.465 e. The van der Waals surface area contributed by atoms with Crippen LogP contribution in [0.5, 0.6) is 0 Å². The number of carbonyl (C=O) groups is 2. The van der Waals surface area contributed by atoms with E-state index in [0.717, 1.165) is 25.1 Å². The number of likely N-dealkylation sites (tertiary alicyclic amines) is 1. The summed E-state index contributed by atoms with van der Waals surface area (Å²) >= 11 is 0. The number of alkyl halides is 2. The van der Waals surface area contributed by atoms with Crippen LogP contribution in [0.25, 0.3) is 0 Å². The third kappa shape index (κ3) is 2.14. The van der Waals surface area contributed by atoms with Gasteiger partial charge in [0.2, 0.25) is 0 Å². The van der Waals surface area contributed by atoms with Gasteiger partial charge in [-0.3, -0.25) is 4.79 Å². The zero-order chi connectivity index (χ0) is 15.9. The molecule has 1 aliphatic heterocycles. The third-order valence-electron chi connectivity index (χ3n) is 3.66. The van der Waals surface area contributed by atoms with Gasteiger partial charge in [-0.15, -0.1) is 0 Å². The van der Waals surface area contributed by atoms with Crippen LogP contribution in [-0.2, 0) is 10.3 Å². The first-order valence-electron chi connectivity index (χ1n) is 6.00. The van der Waals surface area contributed by atoms with Gasteiger partial charge < -0.3 is 5.11 Å². The molecule has 21 heavy (non-hydrogen) atoms. The Bertz CT molecular complexity index is 609. The van der Waals surface area contributed by atoms with E-state index < -0.39 is 53.5 Å². The Kier molecular flexibility index (Phi) is 3.65. The van der Waals surface area contributed by atoms with Gasteiger partial charge in [-0.05, 0) is 13.0 Å². The number of piperidine rings is 1. The van der Waals surface area contributed by atoms with E-state index in [9.17, 15) is 27.2 Å².